The largest absolute Gasteiger partial charge is 0.481 e. The molecule has 2 bridgehead atoms. The lowest BCUT2D eigenvalue weighted by Crippen LogP contribution is -2.35. The number of epoxide rings is 1. The molecule has 0 saturated carbocycles. The van der Waals surface area contributed by atoms with Crippen molar-refractivity contribution in [2.45, 2.75) is 69.5 Å². The quantitative estimate of drug-likeness (QED) is 0.484. The third-order valence-electron chi connectivity index (χ3n) is 6.02. The van der Waals surface area contributed by atoms with Crippen LogP contribution in [0.2, 0.25) is 0 Å². The van der Waals surface area contributed by atoms with Gasteiger partial charge in [-0.2, -0.15) is 0 Å². The van der Waals surface area contributed by atoms with E-state index in [4.69, 9.17) is 19.3 Å². The SMILES string of the molecule is O=C(O)CCCCCCC1C(COCc2ccccc2)C2OC1C1OC21. The second-order valence-electron chi connectivity index (χ2n) is 7.81. The summed E-state index contributed by atoms with van der Waals surface area (Å²) in [6.07, 6.45) is 6.47. The number of rotatable bonds is 11. The number of aliphatic carboxylic acids is 1. The van der Waals surface area contributed by atoms with Gasteiger partial charge in [-0.05, 0) is 24.3 Å². The zero-order valence-corrected chi connectivity index (χ0v) is 15.1. The molecule has 5 nitrogen and oxygen atoms in total. The van der Waals surface area contributed by atoms with Crippen LogP contribution in [0.5, 0.6) is 0 Å². The molecule has 0 aliphatic carbocycles. The molecular weight excluding hydrogens is 332 g/mol. The van der Waals surface area contributed by atoms with Gasteiger partial charge in [0.1, 0.15) is 12.2 Å². The zero-order chi connectivity index (χ0) is 17.9. The average Bonchev–Trinajstić information content (AvgIpc) is 3.27. The molecule has 4 rings (SSSR count). The molecule has 3 aliphatic heterocycles. The standard InChI is InChI=1S/C21H28O5/c22-17(23)11-7-2-1-6-10-15-16(19-21-20(26-21)18(15)25-19)13-24-12-14-8-4-3-5-9-14/h3-5,8-9,15-16,18-21H,1-2,6-7,10-13H2,(H,22,23). The lowest BCUT2D eigenvalue weighted by molar-refractivity contribution is -0.137. The molecule has 6 atom stereocenters. The Morgan fingerprint density at radius 1 is 0.923 bits per heavy atom. The van der Waals surface area contributed by atoms with Crippen LogP contribution in [-0.4, -0.2) is 42.1 Å². The maximum absolute atomic E-state index is 10.6. The molecule has 0 aromatic heterocycles. The van der Waals surface area contributed by atoms with Gasteiger partial charge in [0.2, 0.25) is 0 Å². The summed E-state index contributed by atoms with van der Waals surface area (Å²) in [5.41, 5.74) is 1.20. The Bertz CT molecular complexity index is 604. The molecule has 26 heavy (non-hydrogen) atoms. The van der Waals surface area contributed by atoms with Gasteiger partial charge in [-0.3, -0.25) is 4.79 Å². The van der Waals surface area contributed by atoms with Crippen molar-refractivity contribution < 1.29 is 24.1 Å². The Balaban J connectivity index is 1.22. The van der Waals surface area contributed by atoms with E-state index in [0.29, 0.717) is 30.7 Å². The number of carboxylic acid groups (broad SMARTS) is 1. The number of fused-ring (bicyclic) bond motifs is 5. The monoisotopic (exact) mass is 360 g/mol. The van der Waals surface area contributed by atoms with Crippen LogP contribution >= 0.6 is 0 Å². The van der Waals surface area contributed by atoms with Crippen molar-refractivity contribution >= 4 is 5.97 Å². The first-order chi connectivity index (χ1) is 12.7. The van der Waals surface area contributed by atoms with Crippen LogP contribution < -0.4 is 0 Å². The van der Waals surface area contributed by atoms with E-state index >= 15 is 0 Å². The molecule has 5 heteroatoms. The molecule has 1 aromatic carbocycles. The van der Waals surface area contributed by atoms with E-state index in [2.05, 4.69) is 12.1 Å². The molecule has 3 aliphatic rings. The lowest BCUT2D eigenvalue weighted by atomic mass is 9.77. The highest BCUT2D eigenvalue weighted by atomic mass is 16.7. The third kappa shape index (κ3) is 3.95. The molecule has 0 spiro atoms. The Kier molecular flexibility index (Phi) is 5.57. The summed E-state index contributed by atoms with van der Waals surface area (Å²) in [5, 5.41) is 8.70. The van der Waals surface area contributed by atoms with Gasteiger partial charge >= 0.3 is 5.97 Å². The fourth-order valence-corrected chi connectivity index (χ4v) is 4.67. The zero-order valence-electron chi connectivity index (χ0n) is 15.1. The van der Waals surface area contributed by atoms with E-state index in [1.807, 2.05) is 18.2 Å². The second-order valence-corrected chi connectivity index (χ2v) is 7.81. The summed E-state index contributed by atoms with van der Waals surface area (Å²) >= 11 is 0. The Morgan fingerprint density at radius 2 is 1.62 bits per heavy atom. The Labute approximate surface area is 154 Å². The molecule has 1 aromatic rings. The van der Waals surface area contributed by atoms with Crippen molar-refractivity contribution in [2.24, 2.45) is 11.8 Å². The van der Waals surface area contributed by atoms with Gasteiger partial charge in [0.15, 0.2) is 0 Å². The van der Waals surface area contributed by atoms with Crippen LogP contribution in [0.3, 0.4) is 0 Å². The van der Waals surface area contributed by atoms with Crippen molar-refractivity contribution in [2.75, 3.05) is 6.61 Å². The van der Waals surface area contributed by atoms with E-state index in [-0.39, 0.29) is 18.6 Å². The topological polar surface area (TPSA) is 68.3 Å². The summed E-state index contributed by atoms with van der Waals surface area (Å²) in [6.45, 7) is 1.37. The molecule has 6 unspecified atom stereocenters. The number of hydrogen-bond donors (Lipinski definition) is 1. The van der Waals surface area contributed by atoms with Gasteiger partial charge in [0.25, 0.3) is 0 Å². The molecule has 0 amide bonds. The van der Waals surface area contributed by atoms with Crippen molar-refractivity contribution in [3.05, 3.63) is 35.9 Å². The van der Waals surface area contributed by atoms with Gasteiger partial charge in [0.05, 0.1) is 25.4 Å². The van der Waals surface area contributed by atoms with Gasteiger partial charge in [-0.25, -0.2) is 0 Å². The van der Waals surface area contributed by atoms with E-state index in [9.17, 15) is 4.79 Å². The smallest absolute Gasteiger partial charge is 0.303 e. The minimum absolute atomic E-state index is 0.206. The second kappa shape index (κ2) is 8.07. The highest BCUT2D eigenvalue weighted by Gasteiger charge is 2.68. The number of carbonyl (C=O) groups is 1. The van der Waals surface area contributed by atoms with Crippen molar-refractivity contribution in [3.8, 4) is 0 Å². The fourth-order valence-electron chi connectivity index (χ4n) is 4.67. The highest BCUT2D eigenvalue weighted by Crippen LogP contribution is 2.55. The van der Waals surface area contributed by atoms with Gasteiger partial charge < -0.3 is 19.3 Å². The van der Waals surface area contributed by atoms with E-state index in [1.54, 1.807) is 0 Å². The van der Waals surface area contributed by atoms with Crippen molar-refractivity contribution in [3.63, 3.8) is 0 Å². The number of benzene rings is 1. The molecule has 3 heterocycles. The number of ether oxygens (including phenoxy) is 3. The first-order valence-corrected chi connectivity index (χ1v) is 9.88. The van der Waals surface area contributed by atoms with E-state index in [1.165, 1.54) is 5.56 Å². The maximum atomic E-state index is 10.6. The first-order valence-electron chi connectivity index (χ1n) is 9.88. The fraction of sp³-hybridized carbons (Fsp3) is 0.667. The van der Waals surface area contributed by atoms with Crippen molar-refractivity contribution in [1.29, 1.82) is 0 Å². The van der Waals surface area contributed by atoms with Gasteiger partial charge in [-0.1, -0.05) is 49.6 Å². The van der Waals surface area contributed by atoms with Crippen LogP contribution in [0.4, 0.5) is 0 Å². The van der Waals surface area contributed by atoms with Crippen LogP contribution in [0.25, 0.3) is 0 Å². The third-order valence-corrected chi connectivity index (χ3v) is 6.02. The number of carboxylic acids is 1. The molecule has 3 fully saturated rings. The molecule has 3 saturated heterocycles. The predicted octanol–water partition coefficient (Wildman–Crippen LogP) is 3.41. The first kappa shape index (κ1) is 18.0. The van der Waals surface area contributed by atoms with Gasteiger partial charge in [0, 0.05) is 12.3 Å². The lowest BCUT2D eigenvalue weighted by Gasteiger charge is -2.26. The van der Waals surface area contributed by atoms with Crippen molar-refractivity contribution in [1.82, 2.24) is 0 Å². The van der Waals surface area contributed by atoms with Crippen LogP contribution in [-0.2, 0) is 25.6 Å². The summed E-state index contributed by atoms with van der Waals surface area (Å²) in [7, 11) is 0. The molecule has 142 valence electrons. The summed E-state index contributed by atoms with van der Waals surface area (Å²) < 4.78 is 18.0. The van der Waals surface area contributed by atoms with Gasteiger partial charge in [-0.15, -0.1) is 0 Å². The normalized spacial score (nSPS) is 34.0. The minimum Gasteiger partial charge on any atom is -0.481 e. The molecule has 0 radical (unpaired) electrons. The Morgan fingerprint density at radius 3 is 2.38 bits per heavy atom. The number of hydrogen-bond acceptors (Lipinski definition) is 4. The van der Waals surface area contributed by atoms with E-state index in [0.717, 1.165) is 38.7 Å². The molecular formula is C21H28O5. The summed E-state index contributed by atoms with van der Waals surface area (Å²) in [4.78, 5) is 10.6. The van der Waals surface area contributed by atoms with E-state index < -0.39 is 5.97 Å². The molecule has 1 N–H and O–H groups in total. The summed E-state index contributed by atoms with van der Waals surface area (Å²) in [5.74, 6) is 0.240. The summed E-state index contributed by atoms with van der Waals surface area (Å²) in [6, 6.07) is 10.3. The maximum Gasteiger partial charge on any atom is 0.303 e. The average molecular weight is 360 g/mol. The van der Waals surface area contributed by atoms with Crippen LogP contribution in [0.15, 0.2) is 30.3 Å². The van der Waals surface area contributed by atoms with Crippen LogP contribution in [0, 0.1) is 11.8 Å². The van der Waals surface area contributed by atoms with Crippen LogP contribution in [0.1, 0.15) is 44.1 Å². The minimum atomic E-state index is -0.695. The highest BCUT2D eigenvalue weighted by molar-refractivity contribution is 5.66. The number of unbranched alkanes of at least 4 members (excludes halogenated alkanes) is 3. The predicted molar refractivity (Wildman–Crippen MR) is 95.7 cm³/mol. The Hall–Kier alpha value is -1.43.